The molecule has 0 spiro atoms. The van der Waals surface area contributed by atoms with Gasteiger partial charge < -0.3 is 33.2 Å². The maximum Gasteiger partial charge on any atom is 0.372 e. The van der Waals surface area contributed by atoms with Gasteiger partial charge in [-0.25, -0.2) is 4.79 Å². The van der Waals surface area contributed by atoms with E-state index in [1.807, 2.05) is 24.3 Å². The maximum atomic E-state index is 13.0. The Bertz CT molecular complexity index is 1310. The zero-order valence-electron chi connectivity index (χ0n) is 23.8. The topological polar surface area (TPSA) is 121 Å². The molecular weight excluding hydrogens is 568 g/mol. The van der Waals surface area contributed by atoms with Crippen LogP contribution in [-0.2, 0) is 15.3 Å². The van der Waals surface area contributed by atoms with Crippen LogP contribution in [0, 0.1) is 0 Å². The summed E-state index contributed by atoms with van der Waals surface area (Å²) >= 11 is 3.59. The monoisotopic (exact) mass is 602 g/mol. The van der Waals surface area contributed by atoms with E-state index in [1.54, 1.807) is 70.0 Å². The van der Waals surface area contributed by atoms with Crippen LogP contribution in [0.5, 0.6) is 34.5 Å². The summed E-state index contributed by atoms with van der Waals surface area (Å²) in [5.41, 5.74) is 6.70. The van der Waals surface area contributed by atoms with E-state index in [-0.39, 0.29) is 27.9 Å². The van der Waals surface area contributed by atoms with Crippen LogP contribution in [0.1, 0.15) is 33.6 Å². The molecule has 10 nitrogen and oxygen atoms in total. The van der Waals surface area contributed by atoms with Gasteiger partial charge in [-0.15, -0.1) is 23.5 Å². The first-order chi connectivity index (χ1) is 19.8. The molecule has 12 heteroatoms. The van der Waals surface area contributed by atoms with Gasteiger partial charge in [0, 0.05) is 17.2 Å². The third-order valence-electron chi connectivity index (χ3n) is 6.39. The molecule has 4 rings (SSSR count). The largest absolute Gasteiger partial charge is 0.493 e. The Morgan fingerprint density at radius 1 is 0.902 bits per heavy atom. The lowest BCUT2D eigenvalue weighted by Crippen LogP contribution is -2.51. The fourth-order valence-corrected chi connectivity index (χ4v) is 7.61. The van der Waals surface area contributed by atoms with Crippen LogP contribution >= 0.6 is 23.5 Å². The number of esters is 1. The lowest BCUT2D eigenvalue weighted by atomic mass is 10.1. The number of carbonyl (C=O) groups excluding carboxylic acids is 1. The highest BCUT2D eigenvalue weighted by atomic mass is 32.2. The van der Waals surface area contributed by atoms with E-state index in [2.05, 4.69) is 4.98 Å². The molecule has 0 bridgehead atoms. The second-order valence-corrected chi connectivity index (χ2v) is 11.5. The summed E-state index contributed by atoms with van der Waals surface area (Å²) < 4.78 is 39.5. The van der Waals surface area contributed by atoms with Crippen molar-refractivity contribution in [1.29, 1.82) is 0 Å². The minimum absolute atomic E-state index is 0.101. The van der Waals surface area contributed by atoms with Gasteiger partial charge in [0.2, 0.25) is 11.5 Å². The second-order valence-electron chi connectivity index (χ2n) is 8.78. The highest BCUT2D eigenvalue weighted by Crippen LogP contribution is 2.58. The average Bonchev–Trinajstić information content (AvgIpc) is 3.51. The molecule has 0 saturated carbocycles. The van der Waals surface area contributed by atoms with E-state index in [1.165, 1.54) is 20.4 Å². The van der Waals surface area contributed by atoms with Crippen LogP contribution in [0.25, 0.3) is 0 Å². The van der Waals surface area contributed by atoms with Crippen LogP contribution < -0.4 is 34.2 Å². The first-order valence-electron chi connectivity index (χ1n) is 12.7. The van der Waals surface area contributed by atoms with Gasteiger partial charge >= 0.3 is 5.97 Å². The third-order valence-corrected chi connectivity index (χ3v) is 9.73. The van der Waals surface area contributed by atoms with Crippen molar-refractivity contribution in [2.75, 3.05) is 47.9 Å². The quantitative estimate of drug-likeness (QED) is 0.219. The minimum atomic E-state index is -2.03. The number of benzene rings is 2. The highest BCUT2D eigenvalue weighted by Gasteiger charge is 2.44. The molecule has 220 valence electrons. The Balaban J connectivity index is 1.66. The Morgan fingerprint density at radius 2 is 1.49 bits per heavy atom. The minimum Gasteiger partial charge on any atom is -0.493 e. The molecule has 1 aliphatic rings. The van der Waals surface area contributed by atoms with Gasteiger partial charge in [0.25, 0.3) is 5.72 Å². The summed E-state index contributed by atoms with van der Waals surface area (Å²) in [7, 11) is 7.83. The Labute approximate surface area is 248 Å². The van der Waals surface area contributed by atoms with Crippen molar-refractivity contribution in [3.05, 3.63) is 65.5 Å². The lowest BCUT2D eigenvalue weighted by Gasteiger charge is -2.29. The molecule has 0 amide bonds. The van der Waals surface area contributed by atoms with Gasteiger partial charge in [-0.2, -0.15) is 0 Å². The first kappa shape index (κ1) is 30.5. The van der Waals surface area contributed by atoms with Crippen molar-refractivity contribution in [3.8, 4) is 34.5 Å². The van der Waals surface area contributed by atoms with Crippen LogP contribution in [0.3, 0.4) is 0 Å². The van der Waals surface area contributed by atoms with E-state index in [4.69, 9.17) is 38.9 Å². The summed E-state index contributed by atoms with van der Waals surface area (Å²) in [6, 6.07) is 12.7. The number of nitrogens with two attached hydrogens (primary N) is 1. The van der Waals surface area contributed by atoms with Crippen LogP contribution in [0.4, 0.5) is 0 Å². The van der Waals surface area contributed by atoms with Crippen LogP contribution in [0.2, 0.25) is 0 Å². The molecule has 0 aliphatic carbocycles. The lowest BCUT2D eigenvalue weighted by molar-refractivity contribution is -0.163. The number of methoxy groups -OCH3 is 5. The van der Waals surface area contributed by atoms with Crippen molar-refractivity contribution in [1.82, 2.24) is 4.98 Å². The van der Waals surface area contributed by atoms with E-state index in [9.17, 15) is 4.79 Å². The number of aromatic nitrogens is 1. The third kappa shape index (κ3) is 6.24. The number of hydrogen-bond acceptors (Lipinski definition) is 12. The summed E-state index contributed by atoms with van der Waals surface area (Å²) in [4.78, 5) is 17.3. The smallest absolute Gasteiger partial charge is 0.372 e. The number of hydrogen-bond donors (Lipinski definition) is 1. The predicted octanol–water partition coefficient (Wildman–Crippen LogP) is 5.10. The van der Waals surface area contributed by atoms with Crippen molar-refractivity contribution < 1.29 is 38.0 Å². The molecule has 0 radical (unpaired) electrons. The standard InChI is InChI=1S/C29H34N2O8S2/c1-7-38-28(32)29(30,24-10-8-9-11-31-24)39-26-21(35-4)12-17(13-22(26)36-5)23-16-40-27(41-23)18-14-19(33-2)25(37-6)20(15-18)34-3/h8-15,23,27H,7,16,30H2,1-6H3. The van der Waals surface area contributed by atoms with Gasteiger partial charge in [-0.05, 0) is 54.4 Å². The van der Waals surface area contributed by atoms with Gasteiger partial charge in [0.1, 0.15) is 5.69 Å². The Morgan fingerprint density at radius 3 is 2.00 bits per heavy atom. The van der Waals surface area contributed by atoms with E-state index >= 15 is 0 Å². The fourth-order valence-electron chi connectivity index (χ4n) is 4.36. The van der Waals surface area contributed by atoms with Crippen molar-refractivity contribution >= 4 is 29.5 Å². The second kappa shape index (κ2) is 13.5. The van der Waals surface area contributed by atoms with Crippen molar-refractivity contribution in [3.63, 3.8) is 0 Å². The fraction of sp³-hybridized carbons (Fsp3) is 0.379. The Hall–Kier alpha value is -3.48. The van der Waals surface area contributed by atoms with Crippen molar-refractivity contribution in [2.45, 2.75) is 22.5 Å². The summed E-state index contributed by atoms with van der Waals surface area (Å²) in [5, 5.41) is 0.101. The zero-order chi connectivity index (χ0) is 29.6. The molecular formula is C29H34N2O8S2. The summed E-state index contributed by atoms with van der Waals surface area (Å²) in [6.07, 6.45) is 1.52. The summed E-state index contributed by atoms with van der Waals surface area (Å²) in [5.74, 6) is 2.69. The molecule has 2 heterocycles. The SMILES string of the molecule is CCOC(=O)C(N)(Oc1c(OC)cc(C2CSC(c3cc(OC)c(OC)c(OC)c3)S2)cc1OC)c1ccccn1. The maximum absolute atomic E-state index is 13.0. The molecule has 3 unspecified atom stereocenters. The summed E-state index contributed by atoms with van der Waals surface area (Å²) in [6.45, 7) is 1.81. The first-order valence-corrected chi connectivity index (χ1v) is 14.7. The van der Waals surface area contributed by atoms with E-state index in [0.717, 1.165) is 16.9 Å². The van der Waals surface area contributed by atoms with E-state index in [0.29, 0.717) is 28.7 Å². The molecule has 1 fully saturated rings. The number of thioether (sulfide) groups is 2. The van der Waals surface area contributed by atoms with Gasteiger partial charge in [0.15, 0.2) is 23.0 Å². The molecule has 3 aromatic rings. The number of pyridine rings is 1. The van der Waals surface area contributed by atoms with Gasteiger partial charge in [-0.1, -0.05) is 6.07 Å². The number of nitrogens with zero attached hydrogens (tertiary/aromatic N) is 1. The molecule has 1 aromatic heterocycles. The molecule has 2 N–H and O–H groups in total. The molecule has 3 atom stereocenters. The predicted molar refractivity (Wildman–Crippen MR) is 159 cm³/mol. The van der Waals surface area contributed by atoms with Crippen LogP contribution in [-0.4, -0.2) is 58.9 Å². The van der Waals surface area contributed by atoms with Crippen LogP contribution in [0.15, 0.2) is 48.7 Å². The normalized spacial score (nSPS) is 17.7. The highest BCUT2D eigenvalue weighted by molar-refractivity contribution is 8.19. The molecule has 41 heavy (non-hydrogen) atoms. The van der Waals surface area contributed by atoms with Gasteiger partial charge in [0.05, 0.1) is 46.7 Å². The number of carbonyl (C=O) groups is 1. The number of rotatable bonds is 12. The van der Waals surface area contributed by atoms with Crippen molar-refractivity contribution in [2.24, 2.45) is 5.73 Å². The molecule has 1 aliphatic heterocycles. The Kier molecular flexibility index (Phi) is 10.0. The van der Waals surface area contributed by atoms with Gasteiger partial charge in [-0.3, -0.25) is 10.7 Å². The zero-order valence-corrected chi connectivity index (χ0v) is 25.4. The number of ether oxygens (including phenoxy) is 7. The average molecular weight is 603 g/mol. The molecule has 1 saturated heterocycles. The van der Waals surface area contributed by atoms with E-state index < -0.39 is 11.7 Å². The molecule has 2 aromatic carbocycles.